The normalized spacial score (nSPS) is 19.5. The van der Waals surface area contributed by atoms with E-state index in [0.29, 0.717) is 12.1 Å². The van der Waals surface area contributed by atoms with Gasteiger partial charge in [-0.1, -0.05) is 31.0 Å². The van der Waals surface area contributed by atoms with Crippen LogP contribution in [0.2, 0.25) is 0 Å². The van der Waals surface area contributed by atoms with Crippen LogP contribution in [-0.2, 0) is 9.84 Å². The molecule has 0 N–H and O–H groups in total. The lowest BCUT2D eigenvalue weighted by Gasteiger charge is -2.37. The summed E-state index contributed by atoms with van der Waals surface area (Å²) in [6.45, 7) is 4.41. The number of anilines is 1. The highest BCUT2D eigenvalue weighted by Crippen LogP contribution is 2.35. The third kappa shape index (κ3) is 5.04. The highest BCUT2D eigenvalue weighted by Gasteiger charge is 2.37. The molecule has 1 atom stereocenters. The third-order valence-corrected chi connectivity index (χ3v) is 9.36. The fourth-order valence-electron chi connectivity index (χ4n) is 4.90. The summed E-state index contributed by atoms with van der Waals surface area (Å²) in [7, 11) is -1.53. The van der Waals surface area contributed by atoms with Crippen molar-refractivity contribution in [3.05, 3.63) is 54.4 Å². The van der Waals surface area contributed by atoms with Gasteiger partial charge < -0.3 is 9.64 Å². The molecule has 0 bridgehead atoms. The molecule has 168 valence electrons. The molecule has 1 aromatic heterocycles. The van der Waals surface area contributed by atoms with Crippen LogP contribution in [0.3, 0.4) is 0 Å². The number of benzene rings is 1. The number of rotatable bonds is 8. The van der Waals surface area contributed by atoms with Gasteiger partial charge in [0, 0.05) is 32.4 Å². The van der Waals surface area contributed by atoms with E-state index in [-0.39, 0.29) is 5.25 Å². The lowest BCUT2D eigenvalue weighted by molar-refractivity contribution is 0.252. The fraction of sp³-hybridized carbons (Fsp3) is 0.542. The van der Waals surface area contributed by atoms with Gasteiger partial charge in [-0.05, 0) is 50.1 Å². The molecule has 6 nitrogen and oxygen atoms in total. The number of nitrogens with zero attached hydrogens (tertiary/aromatic N) is 3. The van der Waals surface area contributed by atoms with Gasteiger partial charge in [0.1, 0.15) is 11.0 Å². The maximum Gasteiger partial charge on any atom is 0.161 e. The van der Waals surface area contributed by atoms with Gasteiger partial charge >= 0.3 is 0 Å². The average Bonchev–Trinajstić information content (AvgIpc) is 3.36. The minimum Gasteiger partial charge on any atom is -0.495 e. The van der Waals surface area contributed by atoms with Gasteiger partial charge in [-0.15, -0.1) is 0 Å². The topological polar surface area (TPSA) is 62.7 Å². The summed E-state index contributed by atoms with van der Waals surface area (Å²) in [6.07, 6.45) is 5.93. The second kappa shape index (κ2) is 10.0. The Balaban J connectivity index is 1.40. The fourth-order valence-corrected chi connectivity index (χ4v) is 7.26. The molecule has 1 aromatic carbocycles. The average molecular weight is 444 g/mol. The Morgan fingerprint density at radius 3 is 2.42 bits per heavy atom. The largest absolute Gasteiger partial charge is 0.495 e. The summed E-state index contributed by atoms with van der Waals surface area (Å²) in [6, 6.07) is 13.7. The lowest BCUT2D eigenvalue weighted by atomic mass is 10.2. The van der Waals surface area contributed by atoms with Crippen molar-refractivity contribution in [2.75, 3.05) is 44.7 Å². The van der Waals surface area contributed by atoms with Crippen LogP contribution in [0.4, 0.5) is 5.69 Å². The molecule has 2 fully saturated rings. The SMILES string of the molecule is COc1ccccc1N1CCN(CCC(c2ccccn2)S(=O)(=O)C2CCCC2)CC1. The maximum absolute atomic E-state index is 13.4. The number of hydrogen-bond donors (Lipinski definition) is 0. The van der Waals surface area contributed by atoms with Crippen LogP contribution in [-0.4, -0.2) is 63.4 Å². The van der Waals surface area contributed by atoms with Gasteiger partial charge in [-0.2, -0.15) is 0 Å². The predicted molar refractivity (Wildman–Crippen MR) is 124 cm³/mol. The predicted octanol–water partition coefficient (Wildman–Crippen LogP) is 3.70. The van der Waals surface area contributed by atoms with E-state index in [1.165, 1.54) is 0 Å². The molecule has 0 amide bonds. The van der Waals surface area contributed by atoms with E-state index in [1.54, 1.807) is 13.3 Å². The zero-order valence-corrected chi connectivity index (χ0v) is 19.1. The van der Waals surface area contributed by atoms with Gasteiger partial charge in [0.25, 0.3) is 0 Å². The lowest BCUT2D eigenvalue weighted by Crippen LogP contribution is -2.47. The third-order valence-electron chi connectivity index (χ3n) is 6.69. The number of piperazine rings is 1. The summed E-state index contributed by atoms with van der Waals surface area (Å²) >= 11 is 0. The van der Waals surface area contributed by atoms with Gasteiger partial charge in [0.2, 0.25) is 0 Å². The smallest absolute Gasteiger partial charge is 0.161 e. The van der Waals surface area contributed by atoms with E-state index in [0.717, 1.165) is 69.8 Å². The first-order chi connectivity index (χ1) is 15.1. The Morgan fingerprint density at radius 2 is 1.74 bits per heavy atom. The number of para-hydroxylation sites is 2. The summed E-state index contributed by atoms with van der Waals surface area (Å²) in [5.41, 5.74) is 1.82. The highest BCUT2D eigenvalue weighted by molar-refractivity contribution is 7.92. The Morgan fingerprint density at radius 1 is 1.03 bits per heavy atom. The minimum absolute atomic E-state index is 0.207. The van der Waals surface area contributed by atoms with Crippen LogP contribution in [0, 0.1) is 0 Å². The number of aromatic nitrogens is 1. The Labute approximate surface area is 186 Å². The monoisotopic (exact) mass is 443 g/mol. The van der Waals surface area contributed by atoms with Gasteiger partial charge in [0.05, 0.1) is 23.7 Å². The number of sulfone groups is 1. The number of hydrogen-bond acceptors (Lipinski definition) is 6. The summed E-state index contributed by atoms with van der Waals surface area (Å²) in [4.78, 5) is 9.16. The molecule has 2 aliphatic rings. The highest BCUT2D eigenvalue weighted by atomic mass is 32.2. The molecule has 0 radical (unpaired) electrons. The van der Waals surface area contributed by atoms with E-state index in [4.69, 9.17) is 4.74 Å². The zero-order valence-electron chi connectivity index (χ0n) is 18.3. The van der Waals surface area contributed by atoms with E-state index < -0.39 is 15.1 Å². The molecule has 2 heterocycles. The van der Waals surface area contributed by atoms with Crippen molar-refractivity contribution in [3.63, 3.8) is 0 Å². The van der Waals surface area contributed by atoms with Gasteiger partial charge in [0.15, 0.2) is 9.84 Å². The van der Waals surface area contributed by atoms with Crippen molar-refractivity contribution in [2.45, 2.75) is 42.6 Å². The summed E-state index contributed by atoms with van der Waals surface area (Å²) < 4.78 is 32.4. The molecule has 1 saturated carbocycles. The second-order valence-electron chi connectivity index (χ2n) is 8.53. The van der Waals surface area contributed by atoms with Crippen molar-refractivity contribution in [1.82, 2.24) is 9.88 Å². The first-order valence-electron chi connectivity index (χ1n) is 11.3. The number of ether oxygens (including phenoxy) is 1. The standard InChI is InChI=1S/C24H33N3O3S/c1-30-23-12-5-4-11-22(23)27-18-16-26(17-19-27)15-13-24(21-10-6-7-14-25-21)31(28,29)20-8-2-3-9-20/h4-7,10-12,14,20,24H,2-3,8-9,13,15-19H2,1H3. The van der Waals surface area contributed by atoms with Crippen molar-refractivity contribution >= 4 is 15.5 Å². The van der Waals surface area contributed by atoms with Crippen molar-refractivity contribution in [3.8, 4) is 5.75 Å². The van der Waals surface area contributed by atoms with Crippen LogP contribution in [0.1, 0.15) is 43.0 Å². The second-order valence-corrected chi connectivity index (χ2v) is 10.9. The molecule has 1 aliphatic heterocycles. The summed E-state index contributed by atoms with van der Waals surface area (Å²) in [5, 5.41) is -0.717. The number of methoxy groups -OCH3 is 1. The molecular weight excluding hydrogens is 410 g/mol. The summed E-state index contributed by atoms with van der Waals surface area (Å²) in [5.74, 6) is 0.897. The molecule has 4 rings (SSSR count). The first kappa shape index (κ1) is 22.1. The number of pyridine rings is 1. The minimum atomic E-state index is -3.23. The molecule has 7 heteroatoms. The van der Waals surface area contributed by atoms with Crippen molar-refractivity contribution < 1.29 is 13.2 Å². The van der Waals surface area contributed by atoms with Crippen LogP contribution in [0.15, 0.2) is 48.7 Å². The molecule has 0 spiro atoms. The molecule has 1 unspecified atom stereocenters. The van der Waals surface area contributed by atoms with Crippen LogP contribution in [0.25, 0.3) is 0 Å². The van der Waals surface area contributed by atoms with Crippen molar-refractivity contribution in [2.24, 2.45) is 0 Å². The van der Waals surface area contributed by atoms with E-state index in [1.807, 2.05) is 36.4 Å². The maximum atomic E-state index is 13.4. The van der Waals surface area contributed by atoms with E-state index in [2.05, 4.69) is 20.9 Å². The van der Waals surface area contributed by atoms with E-state index in [9.17, 15) is 8.42 Å². The van der Waals surface area contributed by atoms with Crippen molar-refractivity contribution in [1.29, 1.82) is 0 Å². The Bertz CT molecular complexity index is 938. The Kier molecular flexibility index (Phi) is 7.13. The van der Waals surface area contributed by atoms with Crippen LogP contribution < -0.4 is 9.64 Å². The van der Waals surface area contributed by atoms with Crippen LogP contribution in [0.5, 0.6) is 5.75 Å². The zero-order chi connectivity index (χ0) is 21.7. The van der Waals surface area contributed by atoms with Gasteiger partial charge in [-0.25, -0.2) is 8.42 Å². The molecule has 1 aliphatic carbocycles. The molecular formula is C24H33N3O3S. The van der Waals surface area contributed by atoms with E-state index >= 15 is 0 Å². The van der Waals surface area contributed by atoms with Crippen LogP contribution >= 0.6 is 0 Å². The molecule has 2 aromatic rings. The molecule has 1 saturated heterocycles. The Hall–Kier alpha value is -2.12. The molecule has 31 heavy (non-hydrogen) atoms. The first-order valence-corrected chi connectivity index (χ1v) is 12.9. The van der Waals surface area contributed by atoms with Gasteiger partial charge in [-0.3, -0.25) is 9.88 Å². The quantitative estimate of drug-likeness (QED) is 0.620.